The number of carbonyl (C=O) groups excluding carboxylic acids is 1. The van der Waals surface area contributed by atoms with Crippen LogP contribution in [0.25, 0.3) is 0 Å². The van der Waals surface area contributed by atoms with Crippen LogP contribution in [-0.4, -0.2) is 26.7 Å². The standard InChI is InChI=1S/C6H11O3S/c1-10(8,9)6-4-2-3-5-7/h2-4,6H2,1H3. The number of hydrogen-bond donors (Lipinski definition) is 0. The second-order valence-corrected chi connectivity index (χ2v) is 4.49. The van der Waals surface area contributed by atoms with Crippen molar-refractivity contribution in [2.75, 3.05) is 12.0 Å². The highest BCUT2D eigenvalue weighted by molar-refractivity contribution is 7.90. The highest BCUT2D eigenvalue weighted by Crippen LogP contribution is 1.95. The largest absolute Gasteiger partial charge is 0.291 e. The predicted octanol–water partition coefficient (Wildman–Crippen LogP) is 0.311. The van der Waals surface area contributed by atoms with Crippen LogP contribution >= 0.6 is 0 Å². The molecule has 1 radical (unpaired) electrons. The molecule has 0 bridgehead atoms. The van der Waals surface area contributed by atoms with E-state index in [9.17, 15) is 13.2 Å². The molecule has 0 fully saturated rings. The summed E-state index contributed by atoms with van der Waals surface area (Å²) in [5, 5.41) is 0. The second-order valence-electron chi connectivity index (χ2n) is 2.23. The van der Waals surface area contributed by atoms with Gasteiger partial charge in [0.25, 0.3) is 0 Å². The maximum atomic E-state index is 10.5. The molecule has 4 heteroatoms. The van der Waals surface area contributed by atoms with Gasteiger partial charge in [-0.3, -0.25) is 4.79 Å². The minimum absolute atomic E-state index is 0.175. The Balaban J connectivity index is 3.29. The minimum Gasteiger partial charge on any atom is -0.291 e. The van der Waals surface area contributed by atoms with Gasteiger partial charge in [0.05, 0.1) is 0 Å². The average molecular weight is 163 g/mol. The molecular formula is C6H11O3S. The van der Waals surface area contributed by atoms with Gasteiger partial charge in [-0.05, 0) is 12.8 Å². The molecule has 0 spiro atoms. The predicted molar refractivity (Wildman–Crippen MR) is 39.3 cm³/mol. The van der Waals surface area contributed by atoms with Crippen molar-refractivity contribution >= 4 is 16.1 Å². The van der Waals surface area contributed by atoms with Crippen molar-refractivity contribution in [3.05, 3.63) is 0 Å². The fourth-order valence-corrected chi connectivity index (χ4v) is 1.29. The molecule has 0 aliphatic heterocycles. The Morgan fingerprint density at radius 1 is 1.30 bits per heavy atom. The van der Waals surface area contributed by atoms with Gasteiger partial charge in [-0.1, -0.05) is 0 Å². The molecule has 0 atom stereocenters. The van der Waals surface area contributed by atoms with E-state index in [1.807, 2.05) is 0 Å². The van der Waals surface area contributed by atoms with Crippen molar-refractivity contribution in [2.24, 2.45) is 0 Å². The van der Waals surface area contributed by atoms with E-state index in [1.54, 1.807) is 6.29 Å². The van der Waals surface area contributed by atoms with Gasteiger partial charge in [0.2, 0.25) is 0 Å². The van der Waals surface area contributed by atoms with Gasteiger partial charge < -0.3 is 0 Å². The maximum absolute atomic E-state index is 10.5. The van der Waals surface area contributed by atoms with E-state index in [-0.39, 0.29) is 5.75 Å². The Hall–Kier alpha value is -0.380. The Morgan fingerprint density at radius 3 is 2.30 bits per heavy atom. The zero-order chi connectivity index (χ0) is 8.04. The van der Waals surface area contributed by atoms with E-state index in [2.05, 4.69) is 0 Å². The van der Waals surface area contributed by atoms with Crippen molar-refractivity contribution in [1.82, 2.24) is 0 Å². The molecule has 0 heterocycles. The van der Waals surface area contributed by atoms with E-state index in [4.69, 9.17) is 0 Å². The third-order valence-corrected chi connectivity index (χ3v) is 2.07. The molecule has 0 aromatic carbocycles. The first-order chi connectivity index (χ1) is 4.56. The molecule has 0 aromatic heterocycles. The number of hydrogen-bond acceptors (Lipinski definition) is 3. The molecule has 0 aliphatic carbocycles. The fourth-order valence-electron chi connectivity index (χ4n) is 0.561. The summed E-state index contributed by atoms with van der Waals surface area (Å²) in [7, 11) is -2.83. The van der Waals surface area contributed by atoms with E-state index >= 15 is 0 Å². The van der Waals surface area contributed by atoms with Crippen LogP contribution < -0.4 is 0 Å². The topological polar surface area (TPSA) is 51.2 Å². The number of unbranched alkanes of at least 4 members (excludes halogenated alkanes) is 2. The van der Waals surface area contributed by atoms with Crippen molar-refractivity contribution in [1.29, 1.82) is 0 Å². The zero-order valence-electron chi connectivity index (χ0n) is 5.96. The maximum Gasteiger partial charge on any atom is 0.198 e. The molecule has 0 unspecified atom stereocenters. The number of rotatable bonds is 5. The Bertz CT molecular complexity index is 181. The van der Waals surface area contributed by atoms with Crippen LogP contribution in [0.4, 0.5) is 0 Å². The quantitative estimate of drug-likeness (QED) is 0.548. The van der Waals surface area contributed by atoms with Crippen LogP contribution in [0.2, 0.25) is 0 Å². The van der Waals surface area contributed by atoms with Crippen LogP contribution in [0.5, 0.6) is 0 Å². The van der Waals surface area contributed by atoms with Gasteiger partial charge in [0, 0.05) is 18.4 Å². The molecule has 0 amide bonds. The molecule has 3 nitrogen and oxygen atoms in total. The van der Waals surface area contributed by atoms with Crippen LogP contribution in [0.15, 0.2) is 0 Å². The summed E-state index contributed by atoms with van der Waals surface area (Å²) in [5.41, 5.74) is 0. The van der Waals surface area contributed by atoms with Gasteiger partial charge in [0.1, 0.15) is 9.84 Å². The van der Waals surface area contributed by atoms with Crippen LogP contribution in [-0.2, 0) is 14.6 Å². The summed E-state index contributed by atoms with van der Waals surface area (Å²) in [6, 6.07) is 0. The van der Waals surface area contributed by atoms with E-state index in [0.29, 0.717) is 19.3 Å². The summed E-state index contributed by atoms with van der Waals surface area (Å²) in [4.78, 5) is 9.65. The highest BCUT2D eigenvalue weighted by Gasteiger charge is 1.99. The third kappa shape index (κ3) is 7.62. The molecule has 59 valence electrons. The summed E-state index contributed by atoms with van der Waals surface area (Å²) in [6.07, 6.45) is 4.43. The van der Waals surface area contributed by atoms with Crippen LogP contribution in [0.1, 0.15) is 19.3 Å². The monoisotopic (exact) mass is 163 g/mol. The lowest BCUT2D eigenvalue weighted by molar-refractivity contribution is 0.547. The summed E-state index contributed by atoms with van der Waals surface area (Å²) in [6.45, 7) is 0. The molecule has 0 aliphatic rings. The fraction of sp³-hybridized carbons (Fsp3) is 0.833. The molecule has 10 heavy (non-hydrogen) atoms. The normalized spacial score (nSPS) is 11.3. The minimum atomic E-state index is -2.83. The summed E-state index contributed by atoms with van der Waals surface area (Å²) < 4.78 is 21.0. The van der Waals surface area contributed by atoms with Crippen molar-refractivity contribution < 1.29 is 13.2 Å². The van der Waals surface area contributed by atoms with Crippen molar-refractivity contribution in [2.45, 2.75) is 19.3 Å². The Morgan fingerprint density at radius 2 is 1.90 bits per heavy atom. The summed E-state index contributed by atoms with van der Waals surface area (Å²) >= 11 is 0. The lowest BCUT2D eigenvalue weighted by Gasteiger charge is -1.93. The molecule has 0 N–H and O–H groups in total. The summed E-state index contributed by atoms with van der Waals surface area (Å²) in [5.74, 6) is 0.175. The lowest BCUT2D eigenvalue weighted by atomic mass is 10.3. The molecule has 0 aromatic rings. The first-order valence-corrected chi connectivity index (χ1v) is 5.15. The van der Waals surface area contributed by atoms with Crippen molar-refractivity contribution in [3.63, 3.8) is 0 Å². The third-order valence-electron chi connectivity index (χ3n) is 1.04. The van der Waals surface area contributed by atoms with Gasteiger partial charge in [-0.2, -0.15) is 0 Å². The van der Waals surface area contributed by atoms with Crippen LogP contribution in [0, 0.1) is 0 Å². The van der Waals surface area contributed by atoms with Crippen LogP contribution in [0.3, 0.4) is 0 Å². The average Bonchev–Trinajstić information content (AvgIpc) is 1.78. The molecule has 0 saturated carbocycles. The second kappa shape index (κ2) is 4.44. The molecular weight excluding hydrogens is 152 g/mol. The SMILES string of the molecule is CS(=O)(=O)CCCC[C]=O. The van der Waals surface area contributed by atoms with Gasteiger partial charge in [-0.15, -0.1) is 0 Å². The first-order valence-electron chi connectivity index (χ1n) is 3.09. The molecule has 0 rings (SSSR count). The smallest absolute Gasteiger partial charge is 0.198 e. The van der Waals surface area contributed by atoms with Gasteiger partial charge in [0.15, 0.2) is 6.29 Å². The number of sulfone groups is 1. The van der Waals surface area contributed by atoms with Gasteiger partial charge in [-0.25, -0.2) is 8.42 Å². The first kappa shape index (κ1) is 9.62. The van der Waals surface area contributed by atoms with E-state index in [1.165, 1.54) is 6.26 Å². The van der Waals surface area contributed by atoms with E-state index < -0.39 is 9.84 Å². The van der Waals surface area contributed by atoms with Crippen molar-refractivity contribution in [3.8, 4) is 0 Å². The lowest BCUT2D eigenvalue weighted by Crippen LogP contribution is -2.02. The molecule has 0 saturated heterocycles. The van der Waals surface area contributed by atoms with Gasteiger partial charge >= 0.3 is 0 Å². The Labute approximate surface area is 61.4 Å². The zero-order valence-corrected chi connectivity index (χ0v) is 6.78. The highest BCUT2D eigenvalue weighted by atomic mass is 32.2. The Kier molecular flexibility index (Phi) is 4.27. The van der Waals surface area contributed by atoms with E-state index in [0.717, 1.165) is 0 Å².